The molecule has 2 nitrogen and oxygen atoms in total. The van der Waals surface area contributed by atoms with E-state index in [1.807, 2.05) is 0 Å². The summed E-state index contributed by atoms with van der Waals surface area (Å²) < 4.78 is 12.2. The largest absolute Gasteiger partial charge is 0.461 e. The van der Waals surface area contributed by atoms with Gasteiger partial charge < -0.3 is 9.31 Å². The lowest BCUT2D eigenvalue weighted by atomic mass is 9.61. The van der Waals surface area contributed by atoms with Gasteiger partial charge in [-0.15, -0.1) is 0 Å². The smallest absolute Gasteiger partial charge is 0.403 e. The molecule has 0 amide bonds. The molecule has 0 aromatic rings. The Labute approximate surface area is 99.5 Å². The third kappa shape index (κ3) is 1.95. The fourth-order valence-electron chi connectivity index (χ4n) is 2.45. The Morgan fingerprint density at radius 1 is 1.12 bits per heavy atom. The highest BCUT2D eigenvalue weighted by Crippen LogP contribution is 2.44. The van der Waals surface area contributed by atoms with Crippen LogP contribution >= 0.6 is 0 Å². The van der Waals surface area contributed by atoms with Crippen LogP contribution in [0.5, 0.6) is 0 Å². The van der Waals surface area contributed by atoms with E-state index in [2.05, 4.69) is 46.8 Å². The molecule has 2 aliphatic rings. The molecule has 0 spiro atoms. The fraction of sp³-hybridized carbons (Fsp3) is 0.846. The van der Waals surface area contributed by atoms with Crippen LogP contribution in [-0.4, -0.2) is 18.3 Å². The van der Waals surface area contributed by atoms with Gasteiger partial charge in [0.1, 0.15) is 0 Å². The number of hydrogen-bond donors (Lipinski definition) is 0. The van der Waals surface area contributed by atoms with Gasteiger partial charge in [0, 0.05) is 5.82 Å². The van der Waals surface area contributed by atoms with Crippen molar-refractivity contribution in [3.05, 3.63) is 12.2 Å². The van der Waals surface area contributed by atoms with E-state index in [0.29, 0.717) is 11.7 Å². The summed E-state index contributed by atoms with van der Waals surface area (Å²) in [5.74, 6) is 1.06. The van der Waals surface area contributed by atoms with Crippen LogP contribution in [0.2, 0.25) is 5.82 Å². The van der Waals surface area contributed by atoms with Crippen molar-refractivity contribution in [1.82, 2.24) is 0 Å². The first kappa shape index (κ1) is 12.2. The van der Waals surface area contributed by atoms with E-state index in [9.17, 15) is 0 Å². The molecule has 0 unspecified atom stereocenters. The Balaban J connectivity index is 2.11. The Hall–Kier alpha value is -0.275. The van der Waals surface area contributed by atoms with Gasteiger partial charge in [-0.1, -0.05) is 19.1 Å². The molecule has 2 atom stereocenters. The molecule has 0 N–H and O–H groups in total. The van der Waals surface area contributed by atoms with Crippen molar-refractivity contribution in [2.75, 3.05) is 0 Å². The zero-order valence-electron chi connectivity index (χ0n) is 11.1. The Morgan fingerprint density at radius 3 is 2.19 bits per heavy atom. The van der Waals surface area contributed by atoms with Crippen LogP contribution in [0.15, 0.2) is 12.2 Å². The second-order valence-electron chi connectivity index (χ2n) is 6.15. The lowest BCUT2D eigenvalue weighted by Gasteiger charge is -2.32. The van der Waals surface area contributed by atoms with Crippen LogP contribution in [0.1, 0.15) is 47.5 Å². The highest BCUT2D eigenvalue weighted by molar-refractivity contribution is 6.47. The van der Waals surface area contributed by atoms with Gasteiger partial charge in [0.15, 0.2) is 0 Å². The van der Waals surface area contributed by atoms with E-state index in [1.54, 1.807) is 0 Å². The molecule has 2 rings (SSSR count). The Bertz CT molecular complexity index is 280. The normalized spacial score (nSPS) is 36.7. The molecule has 16 heavy (non-hydrogen) atoms. The zero-order valence-corrected chi connectivity index (χ0v) is 11.1. The summed E-state index contributed by atoms with van der Waals surface area (Å²) >= 11 is 0. The third-order valence-corrected chi connectivity index (χ3v) is 4.40. The van der Waals surface area contributed by atoms with Crippen LogP contribution in [0, 0.1) is 5.92 Å². The quantitative estimate of drug-likeness (QED) is 0.499. The van der Waals surface area contributed by atoms with Crippen molar-refractivity contribution in [3.8, 4) is 0 Å². The molecule has 0 saturated carbocycles. The highest BCUT2D eigenvalue weighted by Gasteiger charge is 2.54. The average Bonchev–Trinajstić information content (AvgIpc) is 2.36. The first-order chi connectivity index (χ1) is 7.33. The molecule has 1 heterocycles. The van der Waals surface area contributed by atoms with E-state index in [1.165, 1.54) is 6.42 Å². The lowest BCUT2D eigenvalue weighted by molar-refractivity contribution is 0.00578. The van der Waals surface area contributed by atoms with E-state index in [4.69, 9.17) is 9.31 Å². The van der Waals surface area contributed by atoms with E-state index < -0.39 is 0 Å². The van der Waals surface area contributed by atoms with Crippen molar-refractivity contribution in [2.24, 2.45) is 5.92 Å². The third-order valence-electron chi connectivity index (χ3n) is 4.40. The lowest BCUT2D eigenvalue weighted by Crippen LogP contribution is -2.41. The van der Waals surface area contributed by atoms with Crippen molar-refractivity contribution in [2.45, 2.75) is 64.5 Å². The van der Waals surface area contributed by atoms with Crippen molar-refractivity contribution in [1.29, 1.82) is 0 Å². The predicted molar refractivity (Wildman–Crippen MR) is 67.4 cm³/mol. The number of allylic oxidation sites excluding steroid dienone is 2. The van der Waals surface area contributed by atoms with Crippen molar-refractivity contribution >= 4 is 7.12 Å². The summed E-state index contributed by atoms with van der Waals surface area (Å²) in [6.45, 7) is 10.7. The first-order valence-corrected chi connectivity index (χ1v) is 6.36. The second-order valence-corrected chi connectivity index (χ2v) is 6.15. The van der Waals surface area contributed by atoms with Crippen LogP contribution < -0.4 is 0 Å². The van der Waals surface area contributed by atoms with Crippen LogP contribution in [0.4, 0.5) is 0 Å². The molecule has 0 aromatic carbocycles. The Morgan fingerprint density at radius 2 is 1.69 bits per heavy atom. The van der Waals surface area contributed by atoms with Gasteiger partial charge in [0.25, 0.3) is 0 Å². The minimum Gasteiger partial charge on any atom is -0.403 e. The van der Waals surface area contributed by atoms with Gasteiger partial charge in [-0.3, -0.25) is 0 Å². The van der Waals surface area contributed by atoms with Gasteiger partial charge in [-0.2, -0.15) is 0 Å². The minimum absolute atomic E-state index is 0.0371. The van der Waals surface area contributed by atoms with E-state index in [0.717, 1.165) is 6.42 Å². The average molecular weight is 222 g/mol. The second kappa shape index (κ2) is 3.88. The molecule has 0 aromatic heterocycles. The van der Waals surface area contributed by atoms with Crippen LogP contribution in [0.25, 0.3) is 0 Å². The standard InChI is InChI=1S/C13H23BO2/c1-10-8-6-7-9-11(10)14-15-12(2,3)13(4,5)16-14/h6,8,10-11H,7,9H2,1-5H3/t10-,11-/m0/s1. The summed E-state index contributed by atoms with van der Waals surface area (Å²) in [4.78, 5) is 0. The maximum absolute atomic E-state index is 6.12. The van der Waals surface area contributed by atoms with Gasteiger partial charge >= 0.3 is 7.12 Å². The molecule has 1 aliphatic heterocycles. The summed E-state index contributed by atoms with van der Waals surface area (Å²) in [5, 5.41) is 0. The van der Waals surface area contributed by atoms with Gasteiger partial charge in [0.05, 0.1) is 11.2 Å². The summed E-state index contributed by atoms with van der Waals surface area (Å²) in [6, 6.07) is 0. The van der Waals surface area contributed by atoms with Crippen molar-refractivity contribution < 1.29 is 9.31 Å². The molecular formula is C13H23BO2. The molecule has 1 saturated heterocycles. The molecular weight excluding hydrogens is 199 g/mol. The maximum Gasteiger partial charge on any atom is 0.461 e. The molecule has 90 valence electrons. The Kier molecular flexibility index (Phi) is 2.96. The topological polar surface area (TPSA) is 18.5 Å². The maximum atomic E-state index is 6.12. The van der Waals surface area contributed by atoms with E-state index >= 15 is 0 Å². The predicted octanol–water partition coefficient (Wildman–Crippen LogP) is 3.43. The minimum atomic E-state index is -0.196. The fourth-order valence-corrected chi connectivity index (χ4v) is 2.45. The summed E-state index contributed by atoms with van der Waals surface area (Å²) in [7, 11) is -0.0371. The molecule has 1 aliphatic carbocycles. The van der Waals surface area contributed by atoms with E-state index in [-0.39, 0.29) is 18.3 Å². The highest BCUT2D eigenvalue weighted by atomic mass is 16.7. The van der Waals surface area contributed by atoms with Crippen LogP contribution in [0.3, 0.4) is 0 Å². The molecule has 0 bridgehead atoms. The van der Waals surface area contributed by atoms with Crippen molar-refractivity contribution in [3.63, 3.8) is 0 Å². The monoisotopic (exact) mass is 222 g/mol. The SMILES string of the molecule is C[C@H]1C=CCC[C@@H]1B1OC(C)(C)C(C)(C)O1. The zero-order chi connectivity index (χ0) is 12.0. The van der Waals surface area contributed by atoms with Gasteiger partial charge in [-0.05, 0) is 46.5 Å². The first-order valence-electron chi connectivity index (χ1n) is 6.36. The summed E-state index contributed by atoms with van der Waals surface area (Å²) in [6.07, 6.45) is 6.89. The van der Waals surface area contributed by atoms with Gasteiger partial charge in [-0.25, -0.2) is 0 Å². The molecule has 0 radical (unpaired) electrons. The molecule has 1 fully saturated rings. The summed E-state index contributed by atoms with van der Waals surface area (Å²) in [5.41, 5.74) is -0.392. The van der Waals surface area contributed by atoms with Gasteiger partial charge in [0.2, 0.25) is 0 Å². The van der Waals surface area contributed by atoms with Crippen LogP contribution in [-0.2, 0) is 9.31 Å². The number of rotatable bonds is 1. The number of hydrogen-bond acceptors (Lipinski definition) is 2. The molecule has 3 heteroatoms.